The Kier molecular flexibility index (Phi) is 9.72. The van der Waals surface area contributed by atoms with Crippen molar-refractivity contribution in [3.05, 3.63) is 65.7 Å². The molecule has 1 atom stereocenters. The van der Waals surface area contributed by atoms with Crippen molar-refractivity contribution < 1.29 is 19.0 Å². The highest BCUT2D eigenvalue weighted by Crippen LogP contribution is 2.29. The molecule has 0 heterocycles. The van der Waals surface area contributed by atoms with Gasteiger partial charge in [-0.2, -0.15) is 0 Å². The summed E-state index contributed by atoms with van der Waals surface area (Å²) in [6, 6.07) is 17.7. The molecule has 0 aliphatic heterocycles. The van der Waals surface area contributed by atoms with Crippen LogP contribution in [-0.4, -0.2) is 19.7 Å². The van der Waals surface area contributed by atoms with Crippen LogP contribution >= 0.6 is 0 Å². The fraction of sp³-hybridized carbons (Fsp3) is 0.480. The maximum Gasteiger partial charge on any atom is 0.305 e. The minimum Gasteiger partial charge on any atom is -0.497 e. The average molecular weight is 399 g/mol. The van der Waals surface area contributed by atoms with Crippen molar-refractivity contribution in [3.8, 4) is 5.75 Å². The predicted octanol–water partition coefficient (Wildman–Crippen LogP) is 6.03. The van der Waals surface area contributed by atoms with Gasteiger partial charge in [0.15, 0.2) is 0 Å². The summed E-state index contributed by atoms with van der Waals surface area (Å²) in [5.74, 6) is 0.618. The standard InChI is InChI=1S/C25H34O4/c1-4-5-6-7-11-14-24(26)28-20-25(2,22-15-17-23(27-3)18-16-22)29-19-21-12-9-8-10-13-21/h8-10,12-13,15-18H,4-7,11,14,19-20H2,1-3H3. The molecular formula is C25H34O4. The van der Waals surface area contributed by atoms with Crippen LogP contribution in [0.15, 0.2) is 54.6 Å². The van der Waals surface area contributed by atoms with E-state index in [2.05, 4.69) is 6.92 Å². The fourth-order valence-electron chi connectivity index (χ4n) is 3.13. The molecule has 4 heteroatoms. The molecule has 0 N–H and O–H groups in total. The second-order valence-corrected chi connectivity index (χ2v) is 7.56. The highest BCUT2D eigenvalue weighted by Gasteiger charge is 2.30. The van der Waals surface area contributed by atoms with E-state index >= 15 is 0 Å². The number of ether oxygens (including phenoxy) is 3. The van der Waals surface area contributed by atoms with E-state index in [1.165, 1.54) is 19.3 Å². The molecule has 4 nitrogen and oxygen atoms in total. The summed E-state index contributed by atoms with van der Waals surface area (Å²) in [5, 5.41) is 0. The van der Waals surface area contributed by atoms with Gasteiger partial charge >= 0.3 is 5.97 Å². The lowest BCUT2D eigenvalue weighted by Gasteiger charge is -2.30. The normalized spacial score (nSPS) is 12.9. The van der Waals surface area contributed by atoms with Crippen LogP contribution in [0, 0.1) is 0 Å². The zero-order chi connectivity index (χ0) is 21.0. The Hall–Kier alpha value is -2.33. The summed E-state index contributed by atoms with van der Waals surface area (Å²) in [6.07, 6.45) is 6.00. The van der Waals surface area contributed by atoms with Crippen molar-refractivity contribution in [3.63, 3.8) is 0 Å². The lowest BCUT2D eigenvalue weighted by Crippen LogP contribution is -2.33. The summed E-state index contributed by atoms with van der Waals surface area (Å²) in [4.78, 5) is 12.2. The number of esters is 1. The monoisotopic (exact) mass is 398 g/mol. The number of carbonyl (C=O) groups excluding carboxylic acids is 1. The molecule has 158 valence electrons. The number of rotatable bonds is 13. The van der Waals surface area contributed by atoms with Crippen molar-refractivity contribution in [2.45, 2.75) is 64.6 Å². The van der Waals surface area contributed by atoms with Crippen LogP contribution < -0.4 is 4.74 Å². The largest absolute Gasteiger partial charge is 0.497 e. The van der Waals surface area contributed by atoms with Gasteiger partial charge in [0.1, 0.15) is 18.0 Å². The maximum absolute atomic E-state index is 12.2. The quantitative estimate of drug-likeness (QED) is 0.305. The molecule has 1 unspecified atom stereocenters. The Balaban J connectivity index is 1.98. The molecule has 0 fully saturated rings. The third kappa shape index (κ3) is 7.90. The second-order valence-electron chi connectivity index (χ2n) is 7.56. The van der Waals surface area contributed by atoms with E-state index in [1.807, 2.05) is 61.5 Å². The molecule has 0 amide bonds. The molecule has 0 aliphatic rings. The van der Waals surface area contributed by atoms with Gasteiger partial charge in [-0.25, -0.2) is 0 Å². The van der Waals surface area contributed by atoms with Crippen LogP contribution in [0.1, 0.15) is 63.5 Å². The van der Waals surface area contributed by atoms with Crippen molar-refractivity contribution >= 4 is 5.97 Å². The van der Waals surface area contributed by atoms with E-state index in [9.17, 15) is 4.79 Å². The maximum atomic E-state index is 12.2. The van der Waals surface area contributed by atoms with Crippen molar-refractivity contribution in [2.75, 3.05) is 13.7 Å². The first-order valence-corrected chi connectivity index (χ1v) is 10.6. The van der Waals surface area contributed by atoms with Gasteiger partial charge in [-0.3, -0.25) is 4.79 Å². The molecule has 2 aromatic rings. The predicted molar refractivity (Wildman–Crippen MR) is 116 cm³/mol. The van der Waals surface area contributed by atoms with Crippen LogP contribution in [0.3, 0.4) is 0 Å². The Labute approximate surface area is 175 Å². The Morgan fingerprint density at radius 3 is 2.28 bits per heavy atom. The summed E-state index contributed by atoms with van der Waals surface area (Å²) < 4.78 is 17.1. The van der Waals surface area contributed by atoms with Crippen molar-refractivity contribution in [2.24, 2.45) is 0 Å². The third-order valence-electron chi connectivity index (χ3n) is 5.09. The molecular weight excluding hydrogens is 364 g/mol. The average Bonchev–Trinajstić information content (AvgIpc) is 2.77. The fourth-order valence-corrected chi connectivity index (χ4v) is 3.13. The first-order chi connectivity index (χ1) is 14.1. The lowest BCUT2D eigenvalue weighted by atomic mass is 9.96. The van der Waals surface area contributed by atoms with E-state index in [1.54, 1.807) is 7.11 Å². The van der Waals surface area contributed by atoms with Crippen molar-refractivity contribution in [1.82, 2.24) is 0 Å². The molecule has 0 aliphatic carbocycles. The van der Waals surface area contributed by atoms with Gasteiger partial charge in [0.05, 0.1) is 13.7 Å². The van der Waals surface area contributed by atoms with Gasteiger partial charge in [-0.1, -0.05) is 75.1 Å². The molecule has 29 heavy (non-hydrogen) atoms. The molecule has 2 aromatic carbocycles. The van der Waals surface area contributed by atoms with Gasteiger partial charge < -0.3 is 14.2 Å². The Bertz CT molecular complexity index is 711. The second kappa shape index (κ2) is 12.3. The number of benzene rings is 2. The molecule has 0 bridgehead atoms. The molecule has 0 spiro atoms. The summed E-state index contributed by atoms with van der Waals surface area (Å²) in [6.45, 7) is 4.77. The summed E-state index contributed by atoms with van der Waals surface area (Å²) in [5.41, 5.74) is 1.29. The first-order valence-electron chi connectivity index (χ1n) is 10.6. The minimum absolute atomic E-state index is 0.162. The number of methoxy groups -OCH3 is 1. The molecule has 0 radical (unpaired) electrons. The number of hydrogen-bond acceptors (Lipinski definition) is 4. The summed E-state index contributed by atoms with van der Waals surface area (Å²) >= 11 is 0. The topological polar surface area (TPSA) is 44.8 Å². The number of hydrogen-bond donors (Lipinski definition) is 0. The van der Waals surface area contributed by atoms with Gasteiger partial charge in [-0.05, 0) is 36.6 Å². The molecule has 0 saturated carbocycles. The third-order valence-corrected chi connectivity index (χ3v) is 5.09. The Morgan fingerprint density at radius 1 is 0.931 bits per heavy atom. The van der Waals surface area contributed by atoms with Crippen LogP contribution in [-0.2, 0) is 26.5 Å². The number of carbonyl (C=O) groups is 1. The van der Waals surface area contributed by atoms with Gasteiger partial charge in [0, 0.05) is 6.42 Å². The van der Waals surface area contributed by atoms with Crippen LogP contribution in [0.25, 0.3) is 0 Å². The zero-order valence-electron chi connectivity index (χ0n) is 18.0. The Morgan fingerprint density at radius 2 is 1.62 bits per heavy atom. The first kappa shape index (κ1) is 23.0. The summed E-state index contributed by atoms with van der Waals surface area (Å²) in [7, 11) is 1.64. The van der Waals surface area contributed by atoms with Crippen molar-refractivity contribution in [1.29, 1.82) is 0 Å². The van der Waals surface area contributed by atoms with E-state index in [4.69, 9.17) is 14.2 Å². The van der Waals surface area contributed by atoms with E-state index in [-0.39, 0.29) is 12.6 Å². The zero-order valence-corrected chi connectivity index (χ0v) is 18.0. The molecule has 0 saturated heterocycles. The van der Waals surface area contributed by atoms with Gasteiger partial charge in [0.25, 0.3) is 0 Å². The minimum atomic E-state index is -0.736. The van der Waals surface area contributed by atoms with E-state index in [0.29, 0.717) is 13.0 Å². The van der Waals surface area contributed by atoms with Gasteiger partial charge in [0.2, 0.25) is 0 Å². The highest BCUT2D eigenvalue weighted by molar-refractivity contribution is 5.69. The SMILES string of the molecule is CCCCCCCC(=O)OCC(C)(OCc1ccccc1)c1ccc(OC)cc1. The molecule has 0 aromatic heterocycles. The van der Waals surface area contributed by atoms with Gasteiger partial charge in [-0.15, -0.1) is 0 Å². The smallest absolute Gasteiger partial charge is 0.305 e. The van der Waals surface area contributed by atoms with Crippen LogP contribution in [0.4, 0.5) is 0 Å². The highest BCUT2D eigenvalue weighted by atomic mass is 16.6. The van der Waals surface area contributed by atoms with E-state index < -0.39 is 5.60 Å². The van der Waals surface area contributed by atoms with Crippen LogP contribution in [0.5, 0.6) is 5.75 Å². The number of unbranched alkanes of at least 4 members (excludes halogenated alkanes) is 4. The molecule has 2 rings (SSSR count). The van der Waals surface area contributed by atoms with Crippen LogP contribution in [0.2, 0.25) is 0 Å². The lowest BCUT2D eigenvalue weighted by molar-refractivity contribution is -0.157. The van der Waals surface area contributed by atoms with E-state index in [0.717, 1.165) is 29.7 Å².